The number of aliphatic hydroxyl groups excluding tert-OH is 1. The fourth-order valence-electron chi connectivity index (χ4n) is 1.58. The number of carbonyl (C=O) groups excluding carboxylic acids is 1. The number of aromatic nitrogens is 2. The minimum atomic E-state index is -0.516. The highest BCUT2D eigenvalue weighted by Crippen LogP contribution is 2.16. The first-order chi connectivity index (χ1) is 8.08. The topological polar surface area (TPSA) is 55.1 Å². The van der Waals surface area contributed by atoms with Crippen LogP contribution in [-0.2, 0) is 0 Å². The summed E-state index contributed by atoms with van der Waals surface area (Å²) in [6.45, 7) is 3.20. The molecule has 17 heavy (non-hydrogen) atoms. The van der Waals surface area contributed by atoms with Gasteiger partial charge in [-0.1, -0.05) is 12.1 Å². The summed E-state index contributed by atoms with van der Waals surface area (Å²) in [7, 11) is 0. The first kappa shape index (κ1) is 11.5. The number of carbonyl (C=O) groups is 1. The maximum absolute atomic E-state index is 11.1. The van der Waals surface area contributed by atoms with Crippen LogP contribution < -0.4 is 0 Å². The van der Waals surface area contributed by atoms with Crippen molar-refractivity contribution in [2.75, 3.05) is 0 Å². The van der Waals surface area contributed by atoms with Gasteiger partial charge in [-0.05, 0) is 30.7 Å². The average Bonchev–Trinajstić information content (AvgIpc) is 2.78. The lowest BCUT2D eigenvalue weighted by Crippen LogP contribution is -2.00. The monoisotopic (exact) mass is 230 g/mol. The van der Waals surface area contributed by atoms with Crippen molar-refractivity contribution in [1.29, 1.82) is 0 Å². The zero-order valence-corrected chi connectivity index (χ0v) is 9.79. The number of aliphatic hydroxyl groups is 1. The van der Waals surface area contributed by atoms with Crippen LogP contribution in [0.1, 0.15) is 36.0 Å². The van der Waals surface area contributed by atoms with E-state index in [-0.39, 0.29) is 5.78 Å². The van der Waals surface area contributed by atoms with Gasteiger partial charge >= 0.3 is 0 Å². The highest BCUT2D eigenvalue weighted by Gasteiger charge is 2.06. The van der Waals surface area contributed by atoms with Gasteiger partial charge < -0.3 is 5.11 Å². The predicted molar refractivity (Wildman–Crippen MR) is 64.2 cm³/mol. The van der Waals surface area contributed by atoms with E-state index < -0.39 is 6.10 Å². The molecule has 0 radical (unpaired) electrons. The van der Waals surface area contributed by atoms with Crippen molar-refractivity contribution < 1.29 is 9.90 Å². The van der Waals surface area contributed by atoms with Crippen molar-refractivity contribution in [1.82, 2.24) is 9.78 Å². The normalized spacial score (nSPS) is 12.4. The molecular weight excluding hydrogens is 216 g/mol. The number of ketones is 1. The lowest BCUT2D eigenvalue weighted by molar-refractivity contribution is 0.101. The number of nitrogens with zero attached hydrogens (tertiary/aromatic N) is 2. The minimum Gasteiger partial charge on any atom is -0.389 e. The molecule has 4 heteroatoms. The number of hydrogen-bond donors (Lipinski definition) is 1. The van der Waals surface area contributed by atoms with Crippen molar-refractivity contribution >= 4 is 5.78 Å². The molecule has 0 saturated carbocycles. The largest absolute Gasteiger partial charge is 0.389 e. The molecule has 4 nitrogen and oxygen atoms in total. The Bertz CT molecular complexity index is 544. The Morgan fingerprint density at radius 3 is 2.76 bits per heavy atom. The van der Waals surface area contributed by atoms with Crippen LogP contribution in [0.15, 0.2) is 36.5 Å². The second-order valence-electron chi connectivity index (χ2n) is 3.97. The van der Waals surface area contributed by atoms with Crippen molar-refractivity contribution in [3.05, 3.63) is 47.8 Å². The minimum absolute atomic E-state index is 0.0598. The number of Topliss-reactive ketones (excluding diaryl/α,β-unsaturated/α-hetero) is 1. The summed E-state index contributed by atoms with van der Waals surface area (Å²) in [6, 6.07) is 9.11. The van der Waals surface area contributed by atoms with Crippen LogP contribution in [0.25, 0.3) is 5.69 Å². The summed E-state index contributed by atoms with van der Waals surface area (Å²) in [6.07, 6.45) is 1.22. The third kappa shape index (κ3) is 2.42. The van der Waals surface area contributed by atoms with Gasteiger partial charge in [0.2, 0.25) is 0 Å². The van der Waals surface area contributed by atoms with Crippen LogP contribution in [-0.4, -0.2) is 20.7 Å². The van der Waals surface area contributed by atoms with Crippen LogP contribution in [0.4, 0.5) is 0 Å². The van der Waals surface area contributed by atoms with E-state index >= 15 is 0 Å². The fraction of sp³-hybridized carbons (Fsp3) is 0.231. The molecule has 0 aliphatic rings. The van der Waals surface area contributed by atoms with Crippen molar-refractivity contribution in [2.45, 2.75) is 20.0 Å². The lowest BCUT2D eigenvalue weighted by atomic mass is 10.1. The quantitative estimate of drug-likeness (QED) is 0.822. The van der Waals surface area contributed by atoms with E-state index in [4.69, 9.17) is 0 Å². The summed E-state index contributed by atoms with van der Waals surface area (Å²) < 4.78 is 1.63. The van der Waals surface area contributed by atoms with Crippen molar-refractivity contribution in [3.8, 4) is 5.69 Å². The highest BCUT2D eigenvalue weighted by atomic mass is 16.3. The van der Waals surface area contributed by atoms with E-state index in [1.165, 1.54) is 6.92 Å². The zero-order valence-electron chi connectivity index (χ0n) is 9.79. The number of rotatable bonds is 3. The summed E-state index contributed by atoms with van der Waals surface area (Å²) in [5.74, 6) is -0.0598. The molecule has 0 aliphatic heterocycles. The molecule has 1 heterocycles. The first-order valence-electron chi connectivity index (χ1n) is 5.43. The molecule has 1 atom stereocenters. The van der Waals surface area contributed by atoms with Crippen molar-refractivity contribution in [2.24, 2.45) is 0 Å². The third-order valence-corrected chi connectivity index (χ3v) is 2.57. The molecular formula is C13H14N2O2. The van der Waals surface area contributed by atoms with Gasteiger partial charge in [0.25, 0.3) is 0 Å². The molecule has 1 aromatic heterocycles. The second-order valence-corrected chi connectivity index (χ2v) is 3.97. The van der Waals surface area contributed by atoms with Crippen LogP contribution in [0, 0.1) is 0 Å². The van der Waals surface area contributed by atoms with E-state index in [1.54, 1.807) is 23.9 Å². The predicted octanol–water partition coefficient (Wildman–Crippen LogP) is 2.13. The molecule has 0 fully saturated rings. The van der Waals surface area contributed by atoms with Crippen LogP contribution in [0.3, 0.4) is 0 Å². The molecule has 88 valence electrons. The van der Waals surface area contributed by atoms with Gasteiger partial charge in [-0.3, -0.25) is 4.79 Å². The maximum atomic E-state index is 11.1. The number of hydrogen-bond acceptors (Lipinski definition) is 3. The zero-order chi connectivity index (χ0) is 12.4. The maximum Gasteiger partial charge on any atom is 0.179 e. The highest BCUT2D eigenvalue weighted by molar-refractivity contribution is 5.91. The Morgan fingerprint density at radius 1 is 1.41 bits per heavy atom. The second kappa shape index (κ2) is 4.51. The third-order valence-electron chi connectivity index (χ3n) is 2.57. The molecule has 0 saturated heterocycles. The molecule has 0 aliphatic carbocycles. The van der Waals surface area contributed by atoms with Crippen molar-refractivity contribution in [3.63, 3.8) is 0 Å². The van der Waals surface area contributed by atoms with Crippen LogP contribution in [0.5, 0.6) is 0 Å². The molecule has 1 aromatic carbocycles. The van der Waals surface area contributed by atoms with Gasteiger partial charge in [0, 0.05) is 13.1 Å². The van der Waals surface area contributed by atoms with Gasteiger partial charge in [0.05, 0.1) is 11.8 Å². The van der Waals surface area contributed by atoms with E-state index in [0.717, 1.165) is 11.3 Å². The van der Waals surface area contributed by atoms with Crippen LogP contribution >= 0.6 is 0 Å². The Labute approximate surface area is 99.5 Å². The van der Waals surface area contributed by atoms with Gasteiger partial charge in [0.1, 0.15) is 5.69 Å². The Balaban J connectivity index is 2.38. The van der Waals surface area contributed by atoms with Gasteiger partial charge in [-0.25, -0.2) is 4.68 Å². The molecule has 0 bridgehead atoms. The Kier molecular flexibility index (Phi) is 3.06. The van der Waals surface area contributed by atoms with E-state index in [0.29, 0.717) is 5.69 Å². The van der Waals surface area contributed by atoms with E-state index in [9.17, 15) is 9.90 Å². The van der Waals surface area contributed by atoms with E-state index in [2.05, 4.69) is 5.10 Å². The van der Waals surface area contributed by atoms with Gasteiger partial charge in [-0.2, -0.15) is 5.10 Å². The Hall–Kier alpha value is -1.94. The van der Waals surface area contributed by atoms with Gasteiger partial charge in [0.15, 0.2) is 5.78 Å². The lowest BCUT2D eigenvalue weighted by Gasteiger charge is -2.07. The standard InChI is InChI=1S/C13H14N2O2/c1-9(16)11-4-3-5-12(8-11)15-7-6-13(14-15)10(2)17/h3-9,16H,1-2H3/t9-/m0/s1. The SMILES string of the molecule is CC(=O)c1ccn(-c2cccc([C@H](C)O)c2)n1. The van der Waals surface area contributed by atoms with E-state index in [1.807, 2.05) is 24.3 Å². The molecule has 0 unspecified atom stereocenters. The number of benzene rings is 1. The molecule has 2 rings (SSSR count). The fourth-order valence-corrected chi connectivity index (χ4v) is 1.58. The molecule has 0 spiro atoms. The average molecular weight is 230 g/mol. The summed E-state index contributed by atoms with van der Waals surface area (Å²) in [4.78, 5) is 11.1. The molecule has 2 aromatic rings. The first-order valence-corrected chi connectivity index (χ1v) is 5.43. The van der Waals surface area contributed by atoms with Crippen LogP contribution in [0.2, 0.25) is 0 Å². The molecule has 0 amide bonds. The summed E-state index contributed by atoms with van der Waals surface area (Å²) in [5.41, 5.74) is 2.09. The molecule has 1 N–H and O–H groups in total. The summed E-state index contributed by atoms with van der Waals surface area (Å²) in [5, 5.41) is 13.7. The Morgan fingerprint density at radius 2 is 2.18 bits per heavy atom. The van der Waals surface area contributed by atoms with Gasteiger partial charge in [-0.15, -0.1) is 0 Å². The smallest absolute Gasteiger partial charge is 0.179 e. The summed E-state index contributed by atoms with van der Waals surface area (Å²) >= 11 is 0.